The molecule has 1 aliphatic heterocycles. The third kappa shape index (κ3) is 5.00. The minimum atomic E-state index is -0.735. The van der Waals surface area contributed by atoms with Gasteiger partial charge in [-0.25, -0.2) is 9.18 Å². The van der Waals surface area contributed by atoms with Gasteiger partial charge < -0.3 is 14.0 Å². The number of rotatable bonds is 5. The summed E-state index contributed by atoms with van der Waals surface area (Å²) in [5.41, 5.74) is 0.0490. The van der Waals surface area contributed by atoms with Crippen molar-refractivity contribution in [3.8, 4) is 0 Å². The molecule has 0 amide bonds. The molecule has 0 radical (unpaired) electrons. The van der Waals surface area contributed by atoms with Gasteiger partial charge in [-0.15, -0.1) is 0 Å². The normalized spacial score (nSPS) is 18.5. The quantitative estimate of drug-likeness (QED) is 0.558. The van der Waals surface area contributed by atoms with Crippen LogP contribution in [0.4, 0.5) is 4.39 Å². The molecule has 0 saturated carbocycles. The number of methoxy groups -OCH3 is 1. The number of carbonyl (C=O) groups is 2. The summed E-state index contributed by atoms with van der Waals surface area (Å²) in [5, 5.41) is -0.0374. The summed E-state index contributed by atoms with van der Waals surface area (Å²) in [6.45, 7) is 9.24. The van der Waals surface area contributed by atoms with E-state index in [4.69, 9.17) is 9.31 Å². The Bertz CT molecular complexity index is 759. The van der Waals surface area contributed by atoms with Gasteiger partial charge in [-0.1, -0.05) is 23.9 Å². The van der Waals surface area contributed by atoms with E-state index in [0.717, 1.165) is 11.8 Å². The fourth-order valence-electron chi connectivity index (χ4n) is 2.47. The number of hydrogen-bond acceptors (Lipinski definition) is 6. The first kappa shape index (κ1) is 21.7. The van der Waals surface area contributed by atoms with Crippen molar-refractivity contribution in [2.75, 3.05) is 12.9 Å². The van der Waals surface area contributed by atoms with Crippen molar-refractivity contribution < 1.29 is 28.0 Å². The maximum Gasteiger partial charge on any atom is 0.491 e. The predicted octanol–water partition coefficient (Wildman–Crippen LogP) is 3.91. The van der Waals surface area contributed by atoms with Crippen molar-refractivity contribution in [3.05, 3.63) is 40.6 Å². The molecular formula is C19H24BFO5S. The Morgan fingerprint density at radius 1 is 1.22 bits per heavy atom. The summed E-state index contributed by atoms with van der Waals surface area (Å²) in [7, 11) is 0.551. The maximum atomic E-state index is 14.2. The summed E-state index contributed by atoms with van der Waals surface area (Å²) in [5.74, 6) is -1.06. The summed E-state index contributed by atoms with van der Waals surface area (Å²) in [6.07, 6.45) is 1.72. The Morgan fingerprint density at radius 2 is 1.81 bits per heavy atom. The van der Waals surface area contributed by atoms with E-state index in [1.54, 1.807) is 12.1 Å². The molecule has 0 unspecified atom stereocenters. The third-order valence-corrected chi connectivity index (χ3v) is 5.63. The van der Waals surface area contributed by atoms with E-state index in [1.807, 2.05) is 27.7 Å². The SMILES string of the molecule is COC(=O)c1ccc(C=C(CSC(C)=O)B2OC(C)(C)C(C)(C)O2)cc1F. The molecule has 0 aromatic heterocycles. The van der Waals surface area contributed by atoms with Crippen LogP contribution >= 0.6 is 11.8 Å². The lowest BCUT2D eigenvalue weighted by molar-refractivity contribution is -0.109. The minimum absolute atomic E-state index is 0.0374. The zero-order valence-corrected chi connectivity index (χ0v) is 17.2. The van der Waals surface area contributed by atoms with Crippen molar-refractivity contribution in [1.82, 2.24) is 0 Å². The number of carbonyl (C=O) groups excluding carboxylic acids is 2. The van der Waals surface area contributed by atoms with E-state index in [1.165, 1.54) is 26.2 Å². The van der Waals surface area contributed by atoms with E-state index < -0.39 is 30.1 Å². The lowest BCUT2D eigenvalue weighted by atomic mass is 9.78. The lowest BCUT2D eigenvalue weighted by Crippen LogP contribution is -2.41. The molecule has 0 atom stereocenters. The molecule has 0 spiro atoms. The zero-order valence-electron chi connectivity index (χ0n) is 16.4. The smallest absolute Gasteiger partial charge is 0.465 e. The highest BCUT2D eigenvalue weighted by Crippen LogP contribution is 2.39. The monoisotopic (exact) mass is 394 g/mol. The van der Waals surface area contributed by atoms with Crippen molar-refractivity contribution >= 4 is 36.0 Å². The van der Waals surface area contributed by atoms with Crippen LogP contribution in [0, 0.1) is 5.82 Å². The van der Waals surface area contributed by atoms with Crippen LogP contribution < -0.4 is 0 Å². The van der Waals surface area contributed by atoms with Crippen molar-refractivity contribution in [2.45, 2.75) is 45.8 Å². The summed E-state index contributed by atoms with van der Waals surface area (Å²) in [6, 6.07) is 4.22. The van der Waals surface area contributed by atoms with Gasteiger partial charge in [0.15, 0.2) is 5.12 Å². The van der Waals surface area contributed by atoms with Crippen LogP contribution in [-0.2, 0) is 18.8 Å². The molecule has 5 nitrogen and oxygen atoms in total. The molecule has 146 valence electrons. The Kier molecular flexibility index (Phi) is 6.55. The standard InChI is InChI=1S/C19H24BFO5S/c1-12(22)27-11-14(20-25-18(2,3)19(4,5)26-20)9-13-7-8-15(16(21)10-13)17(23)24-6/h7-10H,11H2,1-6H3. The van der Waals surface area contributed by atoms with Gasteiger partial charge in [-0.2, -0.15) is 0 Å². The molecule has 1 aliphatic rings. The first-order chi connectivity index (χ1) is 12.5. The molecule has 0 aliphatic carbocycles. The second-order valence-corrected chi connectivity index (χ2v) is 8.47. The maximum absolute atomic E-state index is 14.2. The molecule has 1 fully saturated rings. The van der Waals surface area contributed by atoms with Crippen LogP contribution in [0.3, 0.4) is 0 Å². The van der Waals surface area contributed by atoms with E-state index in [9.17, 15) is 14.0 Å². The highest BCUT2D eigenvalue weighted by molar-refractivity contribution is 8.13. The number of ether oxygens (including phenoxy) is 1. The molecule has 8 heteroatoms. The van der Waals surface area contributed by atoms with Gasteiger partial charge in [0.2, 0.25) is 0 Å². The van der Waals surface area contributed by atoms with Gasteiger partial charge in [-0.3, -0.25) is 4.79 Å². The number of halogens is 1. The molecule has 1 saturated heterocycles. The molecule has 2 rings (SSSR count). The number of thioether (sulfide) groups is 1. The Hall–Kier alpha value is -1.64. The van der Waals surface area contributed by atoms with Crippen LogP contribution in [0.25, 0.3) is 6.08 Å². The van der Waals surface area contributed by atoms with Crippen LogP contribution in [0.15, 0.2) is 23.7 Å². The van der Waals surface area contributed by atoms with E-state index in [-0.39, 0.29) is 10.7 Å². The van der Waals surface area contributed by atoms with Gasteiger partial charge in [0.1, 0.15) is 5.82 Å². The fourth-order valence-corrected chi connectivity index (χ4v) is 3.06. The van der Waals surface area contributed by atoms with E-state index >= 15 is 0 Å². The molecule has 0 bridgehead atoms. The Balaban J connectivity index is 2.35. The van der Waals surface area contributed by atoms with Crippen LogP contribution in [0.2, 0.25) is 0 Å². The summed E-state index contributed by atoms with van der Waals surface area (Å²) in [4.78, 5) is 23.0. The highest BCUT2D eigenvalue weighted by Gasteiger charge is 2.52. The number of hydrogen-bond donors (Lipinski definition) is 0. The second-order valence-electron chi connectivity index (χ2n) is 7.32. The average molecular weight is 394 g/mol. The molecular weight excluding hydrogens is 370 g/mol. The summed E-state index contributed by atoms with van der Waals surface area (Å²) >= 11 is 1.13. The van der Waals surface area contributed by atoms with Crippen LogP contribution in [-0.4, -0.2) is 42.3 Å². The van der Waals surface area contributed by atoms with Gasteiger partial charge in [-0.05, 0) is 50.9 Å². The Morgan fingerprint density at radius 3 is 2.30 bits per heavy atom. The molecule has 1 aromatic rings. The summed E-state index contributed by atoms with van der Waals surface area (Å²) < 4.78 is 30.9. The Labute approximate surface area is 163 Å². The third-order valence-electron chi connectivity index (χ3n) is 4.75. The largest absolute Gasteiger partial charge is 0.491 e. The van der Waals surface area contributed by atoms with E-state index in [0.29, 0.717) is 16.8 Å². The first-order valence-corrected chi connectivity index (χ1v) is 9.53. The molecule has 0 N–H and O–H groups in total. The van der Waals surface area contributed by atoms with Gasteiger partial charge in [0.25, 0.3) is 0 Å². The van der Waals surface area contributed by atoms with Crippen LogP contribution in [0.1, 0.15) is 50.5 Å². The predicted molar refractivity (Wildman–Crippen MR) is 105 cm³/mol. The van der Waals surface area contributed by atoms with Gasteiger partial charge >= 0.3 is 13.1 Å². The minimum Gasteiger partial charge on any atom is -0.465 e. The lowest BCUT2D eigenvalue weighted by Gasteiger charge is -2.32. The van der Waals surface area contributed by atoms with Crippen molar-refractivity contribution in [1.29, 1.82) is 0 Å². The molecule has 1 aromatic carbocycles. The second kappa shape index (κ2) is 8.16. The topological polar surface area (TPSA) is 61.8 Å². The molecule has 27 heavy (non-hydrogen) atoms. The van der Waals surface area contributed by atoms with Gasteiger partial charge in [0, 0.05) is 12.7 Å². The molecule has 1 heterocycles. The zero-order chi connectivity index (χ0) is 20.4. The first-order valence-electron chi connectivity index (χ1n) is 8.54. The average Bonchev–Trinajstić information content (AvgIpc) is 2.78. The number of esters is 1. The van der Waals surface area contributed by atoms with Crippen molar-refractivity contribution in [2.24, 2.45) is 0 Å². The van der Waals surface area contributed by atoms with Crippen LogP contribution in [0.5, 0.6) is 0 Å². The fraction of sp³-hybridized carbons (Fsp3) is 0.474. The number of benzene rings is 1. The highest BCUT2D eigenvalue weighted by atomic mass is 32.2. The van der Waals surface area contributed by atoms with E-state index in [2.05, 4.69) is 4.74 Å². The van der Waals surface area contributed by atoms with Crippen molar-refractivity contribution in [3.63, 3.8) is 0 Å². The van der Waals surface area contributed by atoms with Gasteiger partial charge in [0.05, 0.1) is 23.9 Å².